The lowest BCUT2D eigenvalue weighted by molar-refractivity contribution is -0.121. The lowest BCUT2D eigenvalue weighted by atomic mass is 9.74. The van der Waals surface area contributed by atoms with Gasteiger partial charge in [0.2, 0.25) is 5.91 Å². The molecule has 1 aliphatic rings. The molecule has 0 saturated heterocycles. The molecule has 0 fully saturated rings. The Labute approximate surface area is 190 Å². The van der Waals surface area contributed by atoms with Crippen molar-refractivity contribution in [3.05, 3.63) is 83.5 Å². The topological polar surface area (TPSA) is 86.6 Å². The van der Waals surface area contributed by atoms with E-state index in [0.29, 0.717) is 12.0 Å². The van der Waals surface area contributed by atoms with Gasteiger partial charge in [-0.05, 0) is 42.9 Å². The lowest BCUT2D eigenvalue weighted by Crippen LogP contribution is -2.46. The molecule has 0 bridgehead atoms. The summed E-state index contributed by atoms with van der Waals surface area (Å²) in [6.07, 6.45) is 7.45. The molecule has 3 N–H and O–H groups in total. The highest BCUT2D eigenvalue weighted by Gasteiger charge is 2.26. The van der Waals surface area contributed by atoms with E-state index in [0.717, 1.165) is 36.0 Å². The van der Waals surface area contributed by atoms with Crippen LogP contribution in [0.1, 0.15) is 55.8 Å². The first-order valence-electron chi connectivity index (χ1n) is 11.2. The smallest absolute Gasteiger partial charge is 0.426 e. The molecule has 0 heterocycles. The summed E-state index contributed by atoms with van der Waals surface area (Å²) in [7, 11) is -1.67. The normalized spacial score (nSPS) is 14.2. The fourth-order valence-electron chi connectivity index (χ4n) is 3.90. The molecule has 6 heteroatoms. The van der Waals surface area contributed by atoms with Crippen molar-refractivity contribution in [1.82, 2.24) is 5.32 Å². The Morgan fingerprint density at radius 1 is 1.03 bits per heavy atom. The zero-order chi connectivity index (χ0) is 22.9. The second kappa shape index (κ2) is 11.6. The third-order valence-electron chi connectivity index (χ3n) is 5.75. The summed E-state index contributed by atoms with van der Waals surface area (Å²) in [5.74, 6) is -1.30. The SMILES string of the molecule is CCC1=CC(CC(NC(=O)CCC(=O)c2cccc(-c3ccccc3)c2)B(O)O)=CCC1. The molecule has 1 unspecified atom stereocenters. The molecular weight excluding hydrogens is 401 g/mol. The molecule has 0 saturated carbocycles. The van der Waals surface area contributed by atoms with E-state index in [4.69, 9.17) is 0 Å². The number of amides is 1. The molecule has 166 valence electrons. The molecule has 5 nitrogen and oxygen atoms in total. The van der Waals surface area contributed by atoms with Crippen molar-refractivity contribution in [3.8, 4) is 11.1 Å². The Bertz CT molecular complexity index is 998. The summed E-state index contributed by atoms with van der Waals surface area (Å²) < 4.78 is 0. The van der Waals surface area contributed by atoms with Gasteiger partial charge in [0.15, 0.2) is 5.78 Å². The number of hydrogen-bond donors (Lipinski definition) is 3. The van der Waals surface area contributed by atoms with Crippen molar-refractivity contribution >= 4 is 18.8 Å². The van der Waals surface area contributed by atoms with Crippen LogP contribution >= 0.6 is 0 Å². The first-order valence-corrected chi connectivity index (χ1v) is 11.2. The van der Waals surface area contributed by atoms with Crippen molar-refractivity contribution in [3.63, 3.8) is 0 Å². The van der Waals surface area contributed by atoms with Gasteiger partial charge >= 0.3 is 7.12 Å². The van der Waals surface area contributed by atoms with E-state index in [9.17, 15) is 19.6 Å². The van der Waals surface area contributed by atoms with Gasteiger partial charge < -0.3 is 15.4 Å². The van der Waals surface area contributed by atoms with E-state index in [2.05, 4.69) is 24.4 Å². The Morgan fingerprint density at radius 2 is 1.78 bits per heavy atom. The predicted octanol–water partition coefficient (Wildman–Crippen LogP) is 4.26. The number of benzene rings is 2. The Balaban J connectivity index is 1.56. The maximum absolute atomic E-state index is 12.6. The number of carbonyl (C=O) groups excluding carboxylic acids is 2. The molecule has 32 heavy (non-hydrogen) atoms. The largest absolute Gasteiger partial charge is 0.475 e. The molecule has 3 rings (SSSR count). The van der Waals surface area contributed by atoms with Gasteiger partial charge in [0, 0.05) is 18.4 Å². The van der Waals surface area contributed by atoms with E-state index in [1.54, 1.807) is 6.07 Å². The molecule has 0 spiro atoms. The summed E-state index contributed by atoms with van der Waals surface area (Å²) in [6, 6.07) is 17.2. The van der Waals surface area contributed by atoms with Crippen molar-refractivity contribution < 1.29 is 19.6 Å². The molecule has 0 radical (unpaired) electrons. The molecule has 0 aliphatic heterocycles. The Hall–Kier alpha value is -2.96. The summed E-state index contributed by atoms with van der Waals surface area (Å²) in [5, 5.41) is 22.1. The average Bonchev–Trinajstić information content (AvgIpc) is 2.82. The fourth-order valence-corrected chi connectivity index (χ4v) is 3.90. The summed E-state index contributed by atoms with van der Waals surface area (Å²) in [6.45, 7) is 2.10. The van der Waals surface area contributed by atoms with Crippen LogP contribution in [0.25, 0.3) is 11.1 Å². The lowest BCUT2D eigenvalue weighted by Gasteiger charge is -2.20. The predicted molar refractivity (Wildman–Crippen MR) is 128 cm³/mol. The van der Waals surface area contributed by atoms with Crippen molar-refractivity contribution in [2.45, 2.75) is 51.4 Å². The first-order chi connectivity index (χ1) is 15.5. The van der Waals surface area contributed by atoms with E-state index in [1.165, 1.54) is 5.57 Å². The van der Waals surface area contributed by atoms with Crippen molar-refractivity contribution in [1.29, 1.82) is 0 Å². The maximum atomic E-state index is 12.6. The molecule has 2 aromatic carbocycles. The van der Waals surface area contributed by atoms with Crippen LogP contribution in [0.4, 0.5) is 0 Å². The minimum atomic E-state index is -1.67. The summed E-state index contributed by atoms with van der Waals surface area (Å²) in [4.78, 5) is 25.1. The van der Waals surface area contributed by atoms with E-state index in [1.807, 2.05) is 48.5 Å². The van der Waals surface area contributed by atoms with Gasteiger partial charge in [0.25, 0.3) is 0 Å². The van der Waals surface area contributed by atoms with Crippen LogP contribution < -0.4 is 5.32 Å². The monoisotopic (exact) mass is 431 g/mol. The minimum absolute atomic E-state index is 0.00723. The van der Waals surface area contributed by atoms with Gasteiger partial charge in [-0.2, -0.15) is 0 Å². The summed E-state index contributed by atoms with van der Waals surface area (Å²) in [5.41, 5.74) is 4.85. The van der Waals surface area contributed by atoms with Crippen molar-refractivity contribution in [2.75, 3.05) is 0 Å². The molecule has 1 atom stereocenters. The minimum Gasteiger partial charge on any atom is -0.426 e. The maximum Gasteiger partial charge on any atom is 0.475 e. The number of Topliss-reactive ketones (excluding diaryl/α,β-unsaturated/α-hetero) is 1. The quantitative estimate of drug-likeness (QED) is 0.388. The fraction of sp³-hybridized carbons (Fsp3) is 0.308. The number of carbonyl (C=O) groups is 2. The number of rotatable bonds is 10. The van der Waals surface area contributed by atoms with E-state index < -0.39 is 13.1 Å². The average molecular weight is 431 g/mol. The van der Waals surface area contributed by atoms with E-state index in [-0.39, 0.29) is 24.5 Å². The van der Waals surface area contributed by atoms with Crippen LogP contribution in [0.5, 0.6) is 0 Å². The van der Waals surface area contributed by atoms with Gasteiger partial charge in [-0.3, -0.25) is 9.59 Å². The third-order valence-corrected chi connectivity index (χ3v) is 5.75. The second-order valence-corrected chi connectivity index (χ2v) is 8.14. The highest BCUT2D eigenvalue weighted by molar-refractivity contribution is 6.43. The highest BCUT2D eigenvalue weighted by atomic mass is 16.4. The zero-order valence-electron chi connectivity index (χ0n) is 18.5. The molecule has 0 aromatic heterocycles. The number of ketones is 1. The molecular formula is C26H30BNO4. The van der Waals surface area contributed by atoms with Crippen LogP contribution in [0.2, 0.25) is 0 Å². The third kappa shape index (κ3) is 6.77. The highest BCUT2D eigenvalue weighted by Crippen LogP contribution is 2.23. The van der Waals surface area contributed by atoms with Crippen molar-refractivity contribution in [2.24, 2.45) is 0 Å². The van der Waals surface area contributed by atoms with Crippen LogP contribution in [0.3, 0.4) is 0 Å². The van der Waals surface area contributed by atoms with Gasteiger partial charge in [-0.1, -0.05) is 78.8 Å². The number of allylic oxidation sites excluding steroid dienone is 3. The molecule has 2 aromatic rings. The van der Waals surface area contributed by atoms with Gasteiger partial charge in [0.05, 0.1) is 5.94 Å². The Kier molecular flexibility index (Phi) is 8.60. The van der Waals surface area contributed by atoms with Crippen LogP contribution in [-0.2, 0) is 4.79 Å². The van der Waals surface area contributed by atoms with Gasteiger partial charge in [-0.25, -0.2) is 0 Å². The van der Waals surface area contributed by atoms with Gasteiger partial charge in [0.1, 0.15) is 0 Å². The van der Waals surface area contributed by atoms with Crippen LogP contribution in [-0.4, -0.2) is 34.8 Å². The molecule has 1 amide bonds. The first kappa shape index (κ1) is 23.7. The number of nitrogens with one attached hydrogen (secondary N) is 1. The number of hydrogen-bond acceptors (Lipinski definition) is 4. The summed E-state index contributed by atoms with van der Waals surface area (Å²) >= 11 is 0. The van der Waals surface area contributed by atoms with Crippen LogP contribution in [0, 0.1) is 0 Å². The second-order valence-electron chi connectivity index (χ2n) is 8.14. The van der Waals surface area contributed by atoms with Gasteiger partial charge in [-0.15, -0.1) is 0 Å². The Morgan fingerprint density at radius 3 is 2.50 bits per heavy atom. The molecule has 1 aliphatic carbocycles. The van der Waals surface area contributed by atoms with E-state index >= 15 is 0 Å². The zero-order valence-corrected chi connectivity index (χ0v) is 18.5. The standard InChI is InChI=1S/C26H30BNO4/c1-2-19-8-6-9-20(16-19)17-25(27(31)32)28-26(30)15-14-24(29)23-13-7-12-22(18-23)21-10-4-3-5-11-21/h3-5,7,9-13,16,18,25,31-32H,2,6,8,14-15,17H2,1H3,(H,28,30). The van der Waals surface area contributed by atoms with Crippen LogP contribution in [0.15, 0.2) is 77.9 Å².